The van der Waals surface area contributed by atoms with Crippen LogP contribution in [-0.4, -0.2) is 56.8 Å². The van der Waals surface area contributed by atoms with E-state index in [0.29, 0.717) is 31.9 Å². The van der Waals surface area contributed by atoms with Gasteiger partial charge >= 0.3 is 0 Å². The Kier molecular flexibility index (Phi) is 5.07. The Labute approximate surface area is 180 Å². The summed E-state index contributed by atoms with van der Waals surface area (Å²) in [4.78, 5) is 17.0. The predicted octanol–water partition coefficient (Wildman–Crippen LogP) is 3.24. The van der Waals surface area contributed by atoms with E-state index in [9.17, 15) is 4.79 Å². The van der Waals surface area contributed by atoms with Gasteiger partial charge in [0.05, 0.1) is 12.2 Å². The Morgan fingerprint density at radius 2 is 1.84 bits per heavy atom. The topological polar surface area (TPSA) is 80.5 Å². The van der Waals surface area contributed by atoms with E-state index in [0.717, 1.165) is 46.9 Å². The first-order valence-corrected chi connectivity index (χ1v) is 10.5. The highest BCUT2D eigenvalue weighted by atomic mass is 16.5. The number of para-hydroxylation sites is 1. The van der Waals surface area contributed by atoms with Gasteiger partial charge in [0, 0.05) is 43.8 Å². The second kappa shape index (κ2) is 8.03. The van der Waals surface area contributed by atoms with Crippen LogP contribution in [0, 0.1) is 13.8 Å². The molecule has 0 spiro atoms. The van der Waals surface area contributed by atoms with Gasteiger partial charge in [0.15, 0.2) is 11.3 Å². The summed E-state index contributed by atoms with van der Waals surface area (Å²) in [5.41, 5.74) is 3.78. The zero-order valence-electron chi connectivity index (χ0n) is 17.7. The zero-order chi connectivity index (χ0) is 21.4. The maximum atomic E-state index is 12.9. The molecule has 8 heteroatoms. The fraction of sp³-hybridized carbons (Fsp3) is 0.348. The molecule has 8 nitrogen and oxygen atoms in total. The normalized spacial score (nSPS) is 15.1. The highest BCUT2D eigenvalue weighted by molar-refractivity contribution is 5.91. The van der Waals surface area contributed by atoms with Crippen LogP contribution in [0.25, 0.3) is 11.0 Å². The molecule has 0 N–H and O–H groups in total. The van der Waals surface area contributed by atoms with Gasteiger partial charge in [-0.3, -0.25) is 14.4 Å². The number of rotatable bonds is 5. The maximum absolute atomic E-state index is 12.9. The minimum Gasteiger partial charge on any atom is -0.454 e. The molecule has 31 heavy (non-hydrogen) atoms. The van der Waals surface area contributed by atoms with Crippen LogP contribution < -0.4 is 0 Å². The van der Waals surface area contributed by atoms with E-state index in [-0.39, 0.29) is 5.91 Å². The summed E-state index contributed by atoms with van der Waals surface area (Å²) in [6.07, 6.45) is 0. The van der Waals surface area contributed by atoms with E-state index in [1.54, 1.807) is 6.07 Å². The summed E-state index contributed by atoms with van der Waals surface area (Å²) in [7, 11) is 0. The van der Waals surface area contributed by atoms with Crippen LogP contribution in [0.15, 0.2) is 51.4 Å². The van der Waals surface area contributed by atoms with Gasteiger partial charge in [0.25, 0.3) is 5.91 Å². The maximum Gasteiger partial charge on any atom is 0.289 e. The molecule has 0 atom stereocenters. The molecule has 1 fully saturated rings. The van der Waals surface area contributed by atoms with E-state index >= 15 is 0 Å². The molecule has 0 aliphatic carbocycles. The number of hydrogen-bond acceptors (Lipinski definition) is 6. The second-order valence-corrected chi connectivity index (χ2v) is 8.04. The van der Waals surface area contributed by atoms with Crippen LogP contribution in [0.5, 0.6) is 0 Å². The fourth-order valence-electron chi connectivity index (χ4n) is 4.09. The lowest BCUT2D eigenvalue weighted by atomic mass is 10.2. The average molecular weight is 419 g/mol. The van der Waals surface area contributed by atoms with E-state index in [4.69, 9.17) is 8.94 Å². The van der Waals surface area contributed by atoms with E-state index in [1.807, 2.05) is 59.8 Å². The van der Waals surface area contributed by atoms with Crippen molar-refractivity contribution in [2.45, 2.75) is 26.9 Å². The van der Waals surface area contributed by atoms with Crippen molar-refractivity contribution < 1.29 is 13.7 Å². The van der Waals surface area contributed by atoms with Gasteiger partial charge < -0.3 is 13.8 Å². The molecule has 1 amide bonds. The molecule has 1 aliphatic rings. The van der Waals surface area contributed by atoms with E-state index < -0.39 is 0 Å². The van der Waals surface area contributed by atoms with Gasteiger partial charge in [0.2, 0.25) is 0 Å². The molecule has 1 aliphatic heterocycles. The molecule has 4 heterocycles. The number of hydrogen-bond donors (Lipinski definition) is 0. The SMILES string of the molecule is Cc1cc(C)n(Cc2ccc(C(=O)N3CCN(Cc4noc5ccccc45)CC3)o2)n1. The number of benzene rings is 1. The van der Waals surface area contributed by atoms with Gasteiger partial charge in [-0.25, -0.2) is 0 Å². The van der Waals surface area contributed by atoms with Crippen LogP contribution >= 0.6 is 0 Å². The van der Waals surface area contributed by atoms with Crippen LogP contribution in [0.4, 0.5) is 0 Å². The molecule has 0 bridgehead atoms. The van der Waals surface area contributed by atoms with Gasteiger partial charge in [0.1, 0.15) is 11.5 Å². The molecule has 4 aromatic rings. The Hall–Kier alpha value is -3.39. The van der Waals surface area contributed by atoms with Crippen molar-refractivity contribution >= 4 is 16.9 Å². The average Bonchev–Trinajstić information content (AvgIpc) is 3.48. The Morgan fingerprint density at radius 3 is 2.61 bits per heavy atom. The van der Waals surface area contributed by atoms with Gasteiger partial charge in [-0.15, -0.1) is 0 Å². The molecule has 160 valence electrons. The molecule has 5 rings (SSSR count). The van der Waals surface area contributed by atoms with Crippen molar-refractivity contribution in [2.75, 3.05) is 26.2 Å². The summed E-state index contributed by atoms with van der Waals surface area (Å²) in [6.45, 7) is 8.09. The summed E-state index contributed by atoms with van der Waals surface area (Å²) < 4.78 is 13.1. The first kappa shape index (κ1) is 19.6. The van der Waals surface area contributed by atoms with E-state index in [1.165, 1.54) is 0 Å². The highest BCUT2D eigenvalue weighted by Gasteiger charge is 2.25. The third kappa shape index (κ3) is 3.98. The second-order valence-electron chi connectivity index (χ2n) is 8.04. The molecule has 0 unspecified atom stereocenters. The molecule has 3 aromatic heterocycles. The van der Waals surface area contributed by atoms with Crippen LogP contribution in [-0.2, 0) is 13.1 Å². The number of piperazine rings is 1. The van der Waals surface area contributed by atoms with Gasteiger partial charge in [-0.1, -0.05) is 17.3 Å². The number of aromatic nitrogens is 3. The Morgan fingerprint density at radius 1 is 1.03 bits per heavy atom. The number of nitrogens with zero attached hydrogens (tertiary/aromatic N) is 5. The Balaban J connectivity index is 1.18. The third-order valence-corrected chi connectivity index (χ3v) is 5.77. The number of amides is 1. The summed E-state index contributed by atoms with van der Waals surface area (Å²) in [5, 5.41) is 9.72. The lowest BCUT2D eigenvalue weighted by Crippen LogP contribution is -2.48. The lowest BCUT2D eigenvalue weighted by Gasteiger charge is -2.33. The van der Waals surface area contributed by atoms with Gasteiger partial charge in [-0.2, -0.15) is 5.10 Å². The number of carbonyl (C=O) groups is 1. The van der Waals surface area contributed by atoms with Crippen LogP contribution in [0.2, 0.25) is 0 Å². The first-order valence-electron chi connectivity index (χ1n) is 10.5. The minimum absolute atomic E-state index is 0.0637. The highest BCUT2D eigenvalue weighted by Crippen LogP contribution is 2.20. The standard InChI is InChI=1S/C23H25N5O3/c1-16-13-17(2)28(24-16)14-18-7-8-22(30-18)23(29)27-11-9-26(10-12-27)15-20-19-5-3-4-6-21(19)31-25-20/h3-8,13H,9-12,14-15H2,1-2H3. The van der Waals surface area contributed by atoms with Crippen LogP contribution in [0.3, 0.4) is 0 Å². The van der Waals surface area contributed by atoms with Crippen molar-refractivity contribution in [3.05, 3.63) is 71.1 Å². The van der Waals surface area contributed by atoms with Crippen molar-refractivity contribution in [2.24, 2.45) is 0 Å². The number of furan rings is 1. The Bertz CT molecular complexity index is 1210. The molecule has 0 saturated carbocycles. The number of aryl methyl sites for hydroxylation is 2. The largest absolute Gasteiger partial charge is 0.454 e. The van der Waals surface area contributed by atoms with Crippen LogP contribution in [0.1, 0.15) is 33.4 Å². The summed E-state index contributed by atoms with van der Waals surface area (Å²) in [5.74, 6) is 1.05. The van der Waals surface area contributed by atoms with Crippen molar-refractivity contribution in [3.8, 4) is 0 Å². The van der Waals surface area contributed by atoms with Crippen molar-refractivity contribution in [1.82, 2.24) is 24.7 Å². The van der Waals surface area contributed by atoms with E-state index in [2.05, 4.69) is 15.2 Å². The smallest absolute Gasteiger partial charge is 0.289 e. The monoisotopic (exact) mass is 419 g/mol. The zero-order valence-corrected chi connectivity index (χ0v) is 17.7. The summed E-state index contributed by atoms with van der Waals surface area (Å²) in [6, 6.07) is 13.5. The minimum atomic E-state index is -0.0637. The van der Waals surface area contributed by atoms with Crippen molar-refractivity contribution in [1.29, 1.82) is 0 Å². The number of fused-ring (bicyclic) bond motifs is 1. The summed E-state index contributed by atoms with van der Waals surface area (Å²) >= 11 is 0. The lowest BCUT2D eigenvalue weighted by molar-refractivity contribution is 0.0593. The van der Waals surface area contributed by atoms with Gasteiger partial charge in [-0.05, 0) is 44.2 Å². The molecular formula is C23H25N5O3. The quantitative estimate of drug-likeness (QED) is 0.494. The molecule has 0 radical (unpaired) electrons. The van der Waals surface area contributed by atoms with Crippen molar-refractivity contribution in [3.63, 3.8) is 0 Å². The molecule has 1 saturated heterocycles. The fourth-order valence-corrected chi connectivity index (χ4v) is 4.09. The molecular weight excluding hydrogens is 394 g/mol. The molecule has 1 aromatic carbocycles. The predicted molar refractivity (Wildman–Crippen MR) is 115 cm³/mol. The first-order chi connectivity index (χ1) is 15.1. The number of carbonyl (C=O) groups excluding carboxylic acids is 1. The third-order valence-electron chi connectivity index (χ3n) is 5.77.